The number of benzene rings is 2. The summed E-state index contributed by atoms with van der Waals surface area (Å²) >= 11 is 6.69. The Morgan fingerprint density at radius 1 is 1.03 bits per heavy atom. The molecule has 4 rings (SSSR count). The van der Waals surface area contributed by atoms with E-state index in [-0.39, 0.29) is 10.5 Å². The van der Waals surface area contributed by atoms with Crippen LogP contribution in [0.4, 0.5) is 5.69 Å². The zero-order chi connectivity index (χ0) is 21.5. The Morgan fingerprint density at radius 2 is 1.70 bits per heavy atom. The maximum Gasteiger partial charge on any atom is 0.349 e. The van der Waals surface area contributed by atoms with Gasteiger partial charge in [-0.1, -0.05) is 15.9 Å². The second kappa shape index (κ2) is 8.26. The number of hydrogen-bond acceptors (Lipinski definition) is 5. The monoisotopic (exact) mass is 554 g/mol. The molecule has 1 amide bonds. The van der Waals surface area contributed by atoms with Gasteiger partial charge in [-0.15, -0.1) is 0 Å². The second-order valence-corrected chi connectivity index (χ2v) is 10.6. The molecule has 0 saturated carbocycles. The summed E-state index contributed by atoms with van der Waals surface area (Å²) in [7, 11) is -3.53. The topological polar surface area (TPSA) is 96.7 Å². The first-order chi connectivity index (χ1) is 14.3. The molecule has 1 aliphatic rings. The number of anilines is 1. The van der Waals surface area contributed by atoms with Crippen LogP contribution in [-0.2, 0) is 10.0 Å². The summed E-state index contributed by atoms with van der Waals surface area (Å²) in [6.07, 6.45) is 1.71. The van der Waals surface area contributed by atoms with Gasteiger partial charge in [0, 0.05) is 28.6 Å². The molecule has 0 spiro atoms. The Labute approximate surface area is 189 Å². The van der Waals surface area contributed by atoms with Crippen molar-refractivity contribution < 1.29 is 17.6 Å². The predicted molar refractivity (Wildman–Crippen MR) is 120 cm³/mol. The van der Waals surface area contributed by atoms with E-state index >= 15 is 0 Å². The van der Waals surface area contributed by atoms with Crippen molar-refractivity contribution in [2.45, 2.75) is 17.7 Å². The Bertz CT molecular complexity index is 1300. The van der Waals surface area contributed by atoms with Crippen LogP contribution in [0, 0.1) is 0 Å². The third-order valence-electron chi connectivity index (χ3n) is 4.81. The van der Waals surface area contributed by atoms with E-state index < -0.39 is 21.6 Å². The molecule has 1 aliphatic heterocycles. The van der Waals surface area contributed by atoms with Gasteiger partial charge in [0.1, 0.15) is 5.56 Å². The molecule has 1 saturated heterocycles. The molecule has 10 heteroatoms. The van der Waals surface area contributed by atoms with Crippen LogP contribution in [0.3, 0.4) is 0 Å². The van der Waals surface area contributed by atoms with Crippen molar-refractivity contribution in [2.24, 2.45) is 0 Å². The van der Waals surface area contributed by atoms with Crippen LogP contribution in [0.1, 0.15) is 23.2 Å². The van der Waals surface area contributed by atoms with E-state index in [1.807, 2.05) is 0 Å². The smallest absolute Gasteiger partial charge is 0.349 e. The van der Waals surface area contributed by atoms with Crippen molar-refractivity contribution in [3.63, 3.8) is 0 Å². The highest BCUT2D eigenvalue weighted by Crippen LogP contribution is 2.28. The van der Waals surface area contributed by atoms with Gasteiger partial charge in [0.05, 0.1) is 9.37 Å². The van der Waals surface area contributed by atoms with E-state index in [1.165, 1.54) is 34.6 Å². The quantitative estimate of drug-likeness (QED) is 0.483. The summed E-state index contributed by atoms with van der Waals surface area (Å²) in [4.78, 5) is 25.1. The highest BCUT2D eigenvalue weighted by molar-refractivity contribution is 9.11. The fourth-order valence-corrected chi connectivity index (χ4v) is 6.16. The van der Waals surface area contributed by atoms with Gasteiger partial charge in [-0.2, -0.15) is 4.31 Å². The Kier molecular flexibility index (Phi) is 5.84. The lowest BCUT2D eigenvalue weighted by Crippen LogP contribution is -2.27. The molecule has 2 heterocycles. The van der Waals surface area contributed by atoms with Gasteiger partial charge in [-0.05, 0) is 71.2 Å². The molecule has 3 aromatic rings. The van der Waals surface area contributed by atoms with E-state index in [4.69, 9.17) is 4.42 Å². The maximum atomic E-state index is 12.6. The van der Waals surface area contributed by atoms with Crippen LogP contribution < -0.4 is 10.9 Å². The second-order valence-electron chi connectivity index (χ2n) is 6.84. The molecule has 0 unspecified atom stereocenters. The first-order valence-electron chi connectivity index (χ1n) is 9.10. The van der Waals surface area contributed by atoms with Crippen LogP contribution in [0.15, 0.2) is 65.5 Å². The van der Waals surface area contributed by atoms with Crippen molar-refractivity contribution in [3.8, 4) is 0 Å². The van der Waals surface area contributed by atoms with Gasteiger partial charge in [0.15, 0.2) is 5.58 Å². The van der Waals surface area contributed by atoms with Crippen molar-refractivity contribution in [2.75, 3.05) is 18.4 Å². The molecule has 2 aromatic carbocycles. The van der Waals surface area contributed by atoms with E-state index in [9.17, 15) is 18.0 Å². The van der Waals surface area contributed by atoms with Crippen LogP contribution in [0.2, 0.25) is 0 Å². The number of sulfonamides is 1. The molecular formula is C20H16Br2N2O5S. The highest BCUT2D eigenvalue weighted by atomic mass is 79.9. The third kappa shape index (κ3) is 4.09. The zero-order valence-corrected chi connectivity index (χ0v) is 19.5. The normalized spacial score (nSPS) is 14.9. The van der Waals surface area contributed by atoms with Crippen molar-refractivity contribution >= 4 is 64.4 Å². The fraction of sp³-hybridized carbons (Fsp3) is 0.200. The molecule has 0 aliphatic carbocycles. The van der Waals surface area contributed by atoms with Crippen LogP contribution in [0.5, 0.6) is 0 Å². The van der Waals surface area contributed by atoms with E-state index in [0.29, 0.717) is 34.2 Å². The van der Waals surface area contributed by atoms with E-state index in [1.54, 1.807) is 12.1 Å². The van der Waals surface area contributed by atoms with Crippen molar-refractivity contribution in [3.05, 3.63) is 67.4 Å². The number of carbonyl (C=O) groups is 1. The van der Waals surface area contributed by atoms with Crippen molar-refractivity contribution in [1.29, 1.82) is 0 Å². The zero-order valence-electron chi connectivity index (χ0n) is 15.5. The number of nitrogens with one attached hydrogen (secondary N) is 1. The molecular weight excluding hydrogens is 540 g/mol. The van der Waals surface area contributed by atoms with E-state index in [0.717, 1.165) is 17.3 Å². The summed E-state index contributed by atoms with van der Waals surface area (Å²) in [6, 6.07) is 10.8. The summed E-state index contributed by atoms with van der Waals surface area (Å²) in [5, 5.41) is 3.19. The number of carbonyl (C=O) groups excluding carboxylic acids is 1. The molecule has 0 atom stereocenters. The van der Waals surface area contributed by atoms with Gasteiger partial charge in [0.25, 0.3) is 5.91 Å². The number of halogens is 2. The average molecular weight is 556 g/mol. The predicted octanol–water partition coefficient (Wildman–Crippen LogP) is 4.35. The first kappa shape index (κ1) is 21.2. The Morgan fingerprint density at radius 3 is 2.37 bits per heavy atom. The minimum absolute atomic E-state index is 0.152. The number of fused-ring (bicyclic) bond motifs is 1. The summed E-state index contributed by atoms with van der Waals surface area (Å²) < 4.78 is 33.3. The van der Waals surface area contributed by atoms with Crippen LogP contribution >= 0.6 is 31.9 Å². The molecule has 30 heavy (non-hydrogen) atoms. The molecule has 1 N–H and O–H groups in total. The molecule has 1 aromatic heterocycles. The van der Waals surface area contributed by atoms with Gasteiger partial charge in [-0.25, -0.2) is 13.2 Å². The number of nitrogens with zero attached hydrogens (tertiary/aromatic N) is 1. The Hall–Kier alpha value is -2.01. The standard InChI is InChI=1S/C20H16Br2N2O5S/c21-13-9-12-10-16(20(26)29-18(12)17(22)11-13)19(25)23-14-3-5-15(6-4-14)30(27,28)24-7-1-2-8-24/h3-6,9-11H,1-2,7-8H2,(H,23,25). The van der Waals surface area contributed by atoms with Crippen LogP contribution in [-0.4, -0.2) is 31.7 Å². The third-order valence-corrected chi connectivity index (χ3v) is 7.77. The summed E-state index contributed by atoms with van der Waals surface area (Å²) in [6.45, 7) is 1.04. The lowest BCUT2D eigenvalue weighted by Gasteiger charge is -2.15. The summed E-state index contributed by atoms with van der Waals surface area (Å²) in [5.41, 5.74) is -0.205. The minimum atomic E-state index is -3.53. The van der Waals surface area contributed by atoms with Crippen LogP contribution in [0.25, 0.3) is 11.0 Å². The van der Waals surface area contributed by atoms with Gasteiger partial charge in [0.2, 0.25) is 10.0 Å². The molecule has 7 nitrogen and oxygen atoms in total. The van der Waals surface area contributed by atoms with Gasteiger partial charge < -0.3 is 9.73 Å². The Balaban J connectivity index is 1.58. The minimum Gasteiger partial charge on any atom is -0.421 e. The number of rotatable bonds is 4. The first-order valence-corrected chi connectivity index (χ1v) is 12.1. The number of amides is 1. The highest BCUT2D eigenvalue weighted by Gasteiger charge is 2.27. The van der Waals surface area contributed by atoms with Gasteiger partial charge >= 0.3 is 5.63 Å². The lowest BCUT2D eigenvalue weighted by atomic mass is 10.1. The van der Waals surface area contributed by atoms with Gasteiger partial charge in [-0.3, -0.25) is 4.79 Å². The molecule has 0 bridgehead atoms. The SMILES string of the molecule is O=C(Nc1ccc(S(=O)(=O)N2CCCC2)cc1)c1cc2cc(Br)cc(Br)c2oc1=O. The molecule has 0 radical (unpaired) electrons. The van der Waals surface area contributed by atoms with Crippen molar-refractivity contribution in [1.82, 2.24) is 4.31 Å². The number of hydrogen-bond donors (Lipinski definition) is 1. The molecule has 1 fully saturated rings. The summed E-state index contributed by atoms with van der Waals surface area (Å²) in [5.74, 6) is -0.642. The lowest BCUT2D eigenvalue weighted by molar-refractivity contribution is 0.102. The fourth-order valence-electron chi connectivity index (χ4n) is 3.30. The largest absolute Gasteiger partial charge is 0.421 e. The molecule has 156 valence electrons. The van der Waals surface area contributed by atoms with E-state index in [2.05, 4.69) is 37.2 Å². The maximum absolute atomic E-state index is 12.6. The average Bonchev–Trinajstić information content (AvgIpc) is 3.24.